The van der Waals surface area contributed by atoms with Crippen molar-refractivity contribution in [3.05, 3.63) is 87.1 Å². The van der Waals surface area contributed by atoms with Gasteiger partial charge in [-0.15, -0.1) is 0 Å². The van der Waals surface area contributed by atoms with Crippen LogP contribution in [0.5, 0.6) is 23.0 Å². The van der Waals surface area contributed by atoms with Gasteiger partial charge in [-0.05, 0) is 47.0 Å². The number of nitrogens with zero attached hydrogens (tertiary/aromatic N) is 1. The Hall–Kier alpha value is -3.88. The van der Waals surface area contributed by atoms with Gasteiger partial charge in [0.15, 0.2) is 23.0 Å². The molecule has 3 aromatic carbocycles. The lowest BCUT2D eigenvalue weighted by atomic mass is 9.79. The maximum absolute atomic E-state index is 13.2. The first-order valence-corrected chi connectivity index (χ1v) is 12.1. The first-order valence-electron chi connectivity index (χ1n) is 11.7. The van der Waals surface area contributed by atoms with Crippen molar-refractivity contribution >= 4 is 23.3 Å². The number of ether oxygens (including phenoxy) is 5. The number of esters is 1. The number of hydrogen-bond acceptors (Lipinski definition) is 8. The summed E-state index contributed by atoms with van der Waals surface area (Å²) < 4.78 is 28.1. The van der Waals surface area contributed by atoms with E-state index in [0.29, 0.717) is 45.7 Å². The van der Waals surface area contributed by atoms with Gasteiger partial charge in [0.25, 0.3) is 0 Å². The third-order valence-electron chi connectivity index (χ3n) is 6.94. The minimum atomic E-state index is -0.485. The molecule has 0 bridgehead atoms. The van der Waals surface area contributed by atoms with Gasteiger partial charge in [-0.3, -0.25) is 0 Å². The van der Waals surface area contributed by atoms with Crippen molar-refractivity contribution in [1.29, 1.82) is 0 Å². The van der Waals surface area contributed by atoms with E-state index in [1.807, 2.05) is 48.5 Å². The number of anilines is 1. The molecule has 8 nitrogen and oxygen atoms in total. The summed E-state index contributed by atoms with van der Waals surface area (Å²) in [5, 5.41) is 10.7. The van der Waals surface area contributed by atoms with E-state index in [2.05, 4.69) is 4.90 Å². The van der Waals surface area contributed by atoms with Crippen LogP contribution < -0.4 is 23.8 Å². The van der Waals surface area contributed by atoms with Crippen LogP contribution in [0.4, 0.5) is 5.69 Å². The van der Waals surface area contributed by atoms with Gasteiger partial charge in [-0.2, -0.15) is 0 Å². The molecule has 9 heteroatoms. The molecule has 1 unspecified atom stereocenters. The number of methoxy groups -OCH3 is 2. The zero-order valence-electron chi connectivity index (χ0n) is 20.2. The van der Waals surface area contributed by atoms with Crippen LogP contribution in [-0.2, 0) is 22.7 Å². The predicted octanol–water partition coefficient (Wildman–Crippen LogP) is 4.54. The lowest BCUT2D eigenvalue weighted by molar-refractivity contribution is -0.136. The minimum absolute atomic E-state index is 0.125. The van der Waals surface area contributed by atoms with Gasteiger partial charge in [0, 0.05) is 34.8 Å². The maximum Gasteiger partial charge on any atom is 0.337 e. The molecule has 0 aliphatic carbocycles. The molecular formula is C28H24ClNO7. The number of cyclic esters (lactones) is 1. The summed E-state index contributed by atoms with van der Waals surface area (Å²) in [6.45, 7) is 0.513. The Morgan fingerprint density at radius 1 is 1.03 bits per heavy atom. The number of hydrogen-bond donors (Lipinski definition) is 1. The van der Waals surface area contributed by atoms with Crippen molar-refractivity contribution in [2.75, 3.05) is 32.5 Å². The van der Waals surface area contributed by atoms with Gasteiger partial charge in [-0.1, -0.05) is 23.7 Å². The molecule has 1 N–H and O–H groups in total. The van der Waals surface area contributed by atoms with Gasteiger partial charge in [0.2, 0.25) is 6.79 Å². The van der Waals surface area contributed by atoms with Crippen LogP contribution in [0.3, 0.4) is 0 Å². The van der Waals surface area contributed by atoms with Gasteiger partial charge >= 0.3 is 5.97 Å². The number of benzene rings is 3. The van der Waals surface area contributed by atoms with E-state index in [1.165, 1.54) is 14.2 Å². The number of halogens is 1. The van der Waals surface area contributed by atoms with Gasteiger partial charge in [-0.25, -0.2) is 4.79 Å². The fourth-order valence-electron chi connectivity index (χ4n) is 5.28. The fourth-order valence-corrected chi connectivity index (χ4v) is 5.40. The second kappa shape index (κ2) is 9.21. The zero-order valence-corrected chi connectivity index (χ0v) is 21.0. The van der Waals surface area contributed by atoms with Crippen molar-refractivity contribution in [3.63, 3.8) is 0 Å². The van der Waals surface area contributed by atoms with Crippen LogP contribution in [0.25, 0.3) is 0 Å². The van der Waals surface area contributed by atoms with Gasteiger partial charge in [0.05, 0.1) is 32.1 Å². The summed E-state index contributed by atoms with van der Waals surface area (Å²) in [6.07, 6.45) is 0. The maximum atomic E-state index is 13.2. The summed E-state index contributed by atoms with van der Waals surface area (Å²) >= 11 is 6.11. The lowest BCUT2D eigenvalue weighted by Crippen LogP contribution is -2.31. The summed E-state index contributed by atoms with van der Waals surface area (Å²) in [6, 6.07) is 15.1. The van der Waals surface area contributed by atoms with E-state index in [-0.39, 0.29) is 26.0 Å². The van der Waals surface area contributed by atoms with E-state index in [4.69, 9.17) is 35.3 Å². The minimum Gasteiger partial charge on any atom is -0.493 e. The van der Waals surface area contributed by atoms with Crippen molar-refractivity contribution < 1.29 is 33.6 Å². The second-order valence-electron chi connectivity index (χ2n) is 8.92. The highest BCUT2D eigenvalue weighted by Crippen LogP contribution is 2.52. The highest BCUT2D eigenvalue weighted by atomic mass is 35.5. The Kier molecular flexibility index (Phi) is 5.85. The molecule has 1 atom stereocenters. The van der Waals surface area contributed by atoms with Crippen LogP contribution >= 0.6 is 11.6 Å². The second-order valence-corrected chi connectivity index (χ2v) is 9.36. The van der Waals surface area contributed by atoms with Gasteiger partial charge < -0.3 is 33.7 Å². The van der Waals surface area contributed by atoms with E-state index < -0.39 is 5.92 Å². The molecule has 0 spiro atoms. The summed E-state index contributed by atoms with van der Waals surface area (Å²) in [5.74, 6) is 1.28. The van der Waals surface area contributed by atoms with Crippen LogP contribution in [0, 0.1) is 0 Å². The molecule has 0 amide bonds. The number of carbonyl (C=O) groups excluding carboxylic acids is 1. The third-order valence-corrected chi connectivity index (χ3v) is 7.20. The Balaban J connectivity index is 1.57. The predicted molar refractivity (Wildman–Crippen MR) is 135 cm³/mol. The molecule has 37 heavy (non-hydrogen) atoms. The number of rotatable bonds is 6. The molecule has 190 valence electrons. The SMILES string of the molecule is COc1cc(C2C3=C(COC3=O)N(Cc3ccc(Cl)cc3)c3cc4c(cc32)OCO4)cc(CO)c1OC. The number of fused-ring (bicyclic) bond motifs is 2. The Labute approximate surface area is 218 Å². The highest BCUT2D eigenvalue weighted by molar-refractivity contribution is 6.30. The van der Waals surface area contributed by atoms with E-state index in [9.17, 15) is 9.90 Å². The molecule has 6 rings (SSSR count). The molecule has 0 radical (unpaired) electrons. The Bertz CT molecular complexity index is 1410. The zero-order chi connectivity index (χ0) is 25.7. The number of aliphatic hydroxyl groups is 1. The van der Waals surface area contributed by atoms with Crippen LogP contribution in [0.2, 0.25) is 5.02 Å². The van der Waals surface area contributed by atoms with E-state index in [1.54, 1.807) is 0 Å². The summed E-state index contributed by atoms with van der Waals surface area (Å²) in [5.41, 5.74) is 5.38. The van der Waals surface area contributed by atoms with E-state index >= 15 is 0 Å². The smallest absolute Gasteiger partial charge is 0.337 e. The lowest BCUT2D eigenvalue weighted by Gasteiger charge is -2.36. The largest absolute Gasteiger partial charge is 0.493 e. The molecule has 0 saturated heterocycles. The number of carbonyl (C=O) groups is 1. The van der Waals surface area contributed by atoms with Crippen LogP contribution in [0.15, 0.2) is 59.8 Å². The van der Waals surface area contributed by atoms with Crippen molar-refractivity contribution in [3.8, 4) is 23.0 Å². The van der Waals surface area contributed by atoms with Crippen molar-refractivity contribution in [2.24, 2.45) is 0 Å². The van der Waals surface area contributed by atoms with Crippen molar-refractivity contribution in [2.45, 2.75) is 19.1 Å². The molecule has 0 fully saturated rings. The molecule has 3 heterocycles. The molecule has 0 saturated carbocycles. The van der Waals surface area contributed by atoms with Crippen LogP contribution in [-0.4, -0.2) is 38.7 Å². The van der Waals surface area contributed by atoms with Gasteiger partial charge in [0.1, 0.15) is 6.61 Å². The number of aliphatic hydroxyl groups excluding tert-OH is 1. The molecule has 3 aliphatic heterocycles. The van der Waals surface area contributed by atoms with Crippen molar-refractivity contribution in [1.82, 2.24) is 0 Å². The molecule has 3 aliphatic rings. The normalized spacial score (nSPS) is 17.5. The topological polar surface area (TPSA) is 86.7 Å². The fraction of sp³-hybridized carbons (Fsp3) is 0.250. The third kappa shape index (κ3) is 3.84. The Morgan fingerprint density at radius 2 is 1.78 bits per heavy atom. The molecule has 0 aromatic heterocycles. The monoisotopic (exact) mass is 521 g/mol. The first-order chi connectivity index (χ1) is 18.0. The first kappa shape index (κ1) is 23.5. The van der Waals surface area contributed by atoms with Crippen LogP contribution in [0.1, 0.15) is 28.2 Å². The highest BCUT2D eigenvalue weighted by Gasteiger charge is 2.43. The summed E-state index contributed by atoms with van der Waals surface area (Å²) in [7, 11) is 3.06. The molecular weight excluding hydrogens is 498 g/mol. The quantitative estimate of drug-likeness (QED) is 0.473. The van der Waals surface area contributed by atoms with E-state index in [0.717, 1.165) is 28.1 Å². The summed E-state index contributed by atoms with van der Waals surface area (Å²) in [4.78, 5) is 15.3. The average Bonchev–Trinajstić information content (AvgIpc) is 3.54. The average molecular weight is 522 g/mol. The molecule has 3 aromatic rings. The Morgan fingerprint density at radius 3 is 2.49 bits per heavy atom. The standard InChI is InChI=1S/C28H24ClNO7/c1-33-24-8-16(7-17(12-31)27(24)34-2)25-19-9-22-23(37-14-36-22)10-20(19)30(21-13-35-28(32)26(21)25)11-15-3-5-18(29)6-4-15/h3-10,25,31H,11-14H2,1-2H3.